The minimum Gasteiger partial charge on any atom is -0.495 e. The van der Waals surface area contributed by atoms with Crippen LogP contribution in [-0.4, -0.2) is 53.4 Å². The molecule has 38 heavy (non-hydrogen) atoms. The monoisotopic (exact) mass is 538 g/mol. The first-order valence-corrected chi connectivity index (χ1v) is 13.5. The van der Waals surface area contributed by atoms with E-state index in [9.17, 15) is 10.4 Å². The molecule has 0 aliphatic heterocycles. The van der Waals surface area contributed by atoms with Gasteiger partial charge in [-0.2, -0.15) is 5.26 Å². The molecule has 7 nitrogen and oxygen atoms in total. The summed E-state index contributed by atoms with van der Waals surface area (Å²) in [5, 5.41) is 25.2. The van der Waals surface area contributed by atoms with Gasteiger partial charge in [-0.1, -0.05) is 24.6 Å². The number of benzene rings is 2. The smallest absolute Gasteiger partial charge is 0.137 e. The molecule has 0 radical (unpaired) electrons. The summed E-state index contributed by atoms with van der Waals surface area (Å²) in [6.07, 6.45) is 1.97. The highest BCUT2D eigenvalue weighted by Gasteiger charge is 2.19. The van der Waals surface area contributed by atoms with E-state index < -0.39 is 6.10 Å². The Labute approximate surface area is 231 Å². The van der Waals surface area contributed by atoms with Crippen molar-refractivity contribution in [1.29, 1.82) is 5.26 Å². The van der Waals surface area contributed by atoms with Crippen molar-refractivity contribution in [2.75, 3.05) is 25.6 Å². The molecule has 1 atom stereocenters. The molecule has 1 unspecified atom stereocenters. The summed E-state index contributed by atoms with van der Waals surface area (Å²) in [5.41, 5.74) is 5.15. The summed E-state index contributed by atoms with van der Waals surface area (Å²) in [5.74, 6) is 0.622. The Hall–Kier alpha value is -2.89. The van der Waals surface area contributed by atoms with Gasteiger partial charge in [0.05, 0.1) is 54.3 Å². The predicted octanol–water partition coefficient (Wildman–Crippen LogP) is 5.94. The first kappa shape index (κ1) is 29.7. The number of nitriles is 1. The second-order valence-corrected chi connectivity index (χ2v) is 10.4. The van der Waals surface area contributed by atoms with Crippen molar-refractivity contribution in [3.63, 3.8) is 0 Å². The first-order valence-electron chi connectivity index (χ1n) is 13.1. The number of nitrogens with zero attached hydrogens (tertiary/aromatic N) is 3. The number of aliphatic hydroxyl groups excluding tert-OH is 1. The van der Waals surface area contributed by atoms with Gasteiger partial charge in [-0.15, -0.1) is 0 Å². The molecule has 1 heterocycles. The van der Waals surface area contributed by atoms with E-state index in [0.29, 0.717) is 41.5 Å². The highest BCUT2D eigenvalue weighted by Crippen LogP contribution is 2.32. The highest BCUT2D eigenvalue weighted by atomic mass is 35.5. The Morgan fingerprint density at radius 1 is 1.13 bits per heavy atom. The number of halogens is 1. The van der Waals surface area contributed by atoms with E-state index in [1.807, 2.05) is 36.5 Å². The summed E-state index contributed by atoms with van der Waals surface area (Å²) in [6, 6.07) is 12.4. The molecule has 1 aromatic heterocycles. The maximum absolute atomic E-state index is 10.6. The zero-order valence-electron chi connectivity index (χ0n) is 23.2. The SMILES string of the molecule is CCc1cc(C#N)cc2c(NCc3ccc(OC)c(Cl)c3)c(COCC(O)CN(C(C)C)C(C)C)cnc12. The fraction of sp³-hybridized carbons (Fsp3) is 0.467. The van der Waals surface area contributed by atoms with Crippen LogP contribution >= 0.6 is 11.6 Å². The Morgan fingerprint density at radius 2 is 1.87 bits per heavy atom. The van der Waals surface area contributed by atoms with Crippen molar-refractivity contribution in [2.24, 2.45) is 0 Å². The number of methoxy groups -OCH3 is 1. The van der Waals surface area contributed by atoms with Gasteiger partial charge in [0.15, 0.2) is 0 Å². The van der Waals surface area contributed by atoms with E-state index in [2.05, 4.69) is 50.9 Å². The number of hydrogen-bond acceptors (Lipinski definition) is 7. The van der Waals surface area contributed by atoms with E-state index in [1.54, 1.807) is 7.11 Å². The molecule has 0 saturated carbocycles. The van der Waals surface area contributed by atoms with E-state index in [1.165, 1.54) is 0 Å². The minimum atomic E-state index is -0.608. The van der Waals surface area contributed by atoms with Gasteiger partial charge in [0.2, 0.25) is 0 Å². The zero-order chi connectivity index (χ0) is 27.8. The number of aromatic nitrogens is 1. The largest absolute Gasteiger partial charge is 0.495 e. The van der Waals surface area contributed by atoms with Crippen molar-refractivity contribution < 1.29 is 14.6 Å². The van der Waals surface area contributed by atoms with Crippen molar-refractivity contribution in [2.45, 2.75) is 72.4 Å². The van der Waals surface area contributed by atoms with Crippen LogP contribution in [0.25, 0.3) is 10.9 Å². The number of rotatable bonds is 13. The Kier molecular flexibility index (Phi) is 10.7. The molecule has 0 bridgehead atoms. The fourth-order valence-electron chi connectivity index (χ4n) is 4.70. The van der Waals surface area contributed by atoms with E-state index >= 15 is 0 Å². The number of hydrogen-bond donors (Lipinski definition) is 2. The number of ether oxygens (including phenoxy) is 2. The number of anilines is 1. The highest BCUT2D eigenvalue weighted by molar-refractivity contribution is 6.32. The van der Waals surface area contributed by atoms with E-state index in [4.69, 9.17) is 26.1 Å². The summed E-state index contributed by atoms with van der Waals surface area (Å²) >= 11 is 6.34. The quantitative estimate of drug-likeness (QED) is 0.278. The molecule has 0 saturated heterocycles. The molecule has 3 aromatic rings. The fourth-order valence-corrected chi connectivity index (χ4v) is 4.98. The Balaban J connectivity index is 1.87. The summed E-state index contributed by atoms with van der Waals surface area (Å²) in [4.78, 5) is 6.98. The number of nitrogens with one attached hydrogen (secondary N) is 1. The van der Waals surface area contributed by atoms with Gasteiger partial charge in [-0.05, 0) is 69.5 Å². The standard InChI is InChI=1S/C30H39ClN4O3/c1-7-23-10-22(13-32)11-26-29(23)34-15-24(17-38-18-25(36)16-35(19(2)3)20(4)5)30(26)33-14-21-8-9-28(37-6)27(31)12-21/h8-12,15,19-20,25,36H,7,14,16-18H2,1-6H3,(H,33,34). The predicted molar refractivity (Wildman–Crippen MR) is 154 cm³/mol. The van der Waals surface area contributed by atoms with Crippen LogP contribution in [0.2, 0.25) is 5.02 Å². The lowest BCUT2D eigenvalue weighted by atomic mass is 10.0. The number of fused-ring (bicyclic) bond motifs is 1. The second-order valence-electron chi connectivity index (χ2n) is 10.0. The normalized spacial score (nSPS) is 12.4. The molecule has 0 spiro atoms. The van der Waals surface area contributed by atoms with Crippen LogP contribution in [0.15, 0.2) is 36.5 Å². The first-order chi connectivity index (χ1) is 18.2. The molecule has 204 valence electrons. The molecule has 0 aliphatic rings. The molecule has 8 heteroatoms. The molecule has 0 fully saturated rings. The maximum atomic E-state index is 10.6. The molecular weight excluding hydrogens is 500 g/mol. The Bertz CT molecular complexity index is 1260. The van der Waals surface area contributed by atoms with Crippen LogP contribution in [-0.2, 0) is 24.3 Å². The van der Waals surface area contributed by atoms with Gasteiger partial charge in [0.25, 0.3) is 0 Å². The summed E-state index contributed by atoms with van der Waals surface area (Å²) in [7, 11) is 1.59. The van der Waals surface area contributed by atoms with Crippen LogP contribution < -0.4 is 10.1 Å². The summed E-state index contributed by atoms with van der Waals surface area (Å²) < 4.78 is 11.3. The number of pyridine rings is 1. The topological polar surface area (TPSA) is 90.6 Å². The minimum absolute atomic E-state index is 0.208. The molecule has 0 amide bonds. The van der Waals surface area contributed by atoms with Crippen LogP contribution in [0.4, 0.5) is 5.69 Å². The third-order valence-corrected chi connectivity index (χ3v) is 6.94. The Morgan fingerprint density at radius 3 is 2.47 bits per heavy atom. The molecule has 0 aliphatic carbocycles. The lowest BCUT2D eigenvalue weighted by Gasteiger charge is -2.32. The van der Waals surface area contributed by atoms with E-state index in [0.717, 1.165) is 39.7 Å². The molecule has 2 aromatic carbocycles. The van der Waals surface area contributed by atoms with Crippen molar-refractivity contribution >= 4 is 28.2 Å². The van der Waals surface area contributed by atoms with Gasteiger partial charge in [0, 0.05) is 42.3 Å². The van der Waals surface area contributed by atoms with Crippen molar-refractivity contribution in [1.82, 2.24) is 9.88 Å². The van der Waals surface area contributed by atoms with Crippen LogP contribution in [0.1, 0.15) is 56.9 Å². The van der Waals surface area contributed by atoms with E-state index in [-0.39, 0.29) is 13.2 Å². The second kappa shape index (κ2) is 13.8. The lowest BCUT2D eigenvalue weighted by molar-refractivity contribution is -0.00149. The molecule has 3 rings (SSSR count). The third kappa shape index (κ3) is 7.36. The van der Waals surface area contributed by atoms with Gasteiger partial charge in [-0.25, -0.2) is 0 Å². The third-order valence-electron chi connectivity index (χ3n) is 6.64. The zero-order valence-corrected chi connectivity index (χ0v) is 24.0. The van der Waals surface area contributed by atoms with Crippen LogP contribution in [0.3, 0.4) is 0 Å². The molecule has 2 N–H and O–H groups in total. The molecular formula is C30H39ClN4O3. The van der Waals surface area contributed by atoms with Gasteiger partial charge < -0.3 is 19.9 Å². The van der Waals surface area contributed by atoms with Gasteiger partial charge in [-0.3, -0.25) is 9.88 Å². The average molecular weight is 539 g/mol. The van der Waals surface area contributed by atoms with Crippen LogP contribution in [0, 0.1) is 11.3 Å². The number of aliphatic hydroxyl groups is 1. The van der Waals surface area contributed by atoms with Gasteiger partial charge in [0.1, 0.15) is 5.75 Å². The maximum Gasteiger partial charge on any atom is 0.137 e. The van der Waals surface area contributed by atoms with Crippen molar-refractivity contribution in [3.05, 3.63) is 63.8 Å². The number of aryl methyl sites for hydroxylation is 1. The average Bonchev–Trinajstić information content (AvgIpc) is 2.89. The lowest BCUT2D eigenvalue weighted by Crippen LogP contribution is -2.43. The summed E-state index contributed by atoms with van der Waals surface area (Å²) in [6.45, 7) is 12.1. The van der Waals surface area contributed by atoms with Crippen LogP contribution in [0.5, 0.6) is 5.75 Å². The van der Waals surface area contributed by atoms with Crippen molar-refractivity contribution in [3.8, 4) is 11.8 Å². The van der Waals surface area contributed by atoms with Gasteiger partial charge >= 0.3 is 0 Å².